The van der Waals surface area contributed by atoms with E-state index in [2.05, 4.69) is 49.4 Å². The molecule has 1 heterocycles. The second-order valence-electron chi connectivity index (χ2n) is 6.04. The number of benzene rings is 1. The zero-order valence-electron chi connectivity index (χ0n) is 13.7. The summed E-state index contributed by atoms with van der Waals surface area (Å²) in [6.07, 6.45) is 3.58. The summed E-state index contributed by atoms with van der Waals surface area (Å²) in [7, 11) is 5.90. The van der Waals surface area contributed by atoms with Gasteiger partial charge in [0, 0.05) is 19.2 Å². The van der Waals surface area contributed by atoms with E-state index in [9.17, 15) is 0 Å². The molecule has 1 saturated heterocycles. The molecule has 2 atom stereocenters. The van der Waals surface area contributed by atoms with Crippen LogP contribution in [0.4, 0.5) is 5.69 Å². The molecule has 1 N–H and O–H groups in total. The third-order valence-corrected chi connectivity index (χ3v) is 3.94. The van der Waals surface area contributed by atoms with Gasteiger partial charge in [0.05, 0.1) is 18.9 Å². The van der Waals surface area contributed by atoms with Crippen LogP contribution in [-0.4, -0.2) is 44.9 Å². The third-order valence-electron chi connectivity index (χ3n) is 3.94. The quantitative estimate of drug-likeness (QED) is 0.873. The van der Waals surface area contributed by atoms with Crippen molar-refractivity contribution < 1.29 is 9.47 Å². The Bertz CT molecular complexity index is 448. The molecule has 4 nitrogen and oxygen atoms in total. The summed E-state index contributed by atoms with van der Waals surface area (Å²) >= 11 is 0. The molecule has 118 valence electrons. The highest BCUT2D eigenvalue weighted by atomic mass is 16.5. The Labute approximate surface area is 128 Å². The van der Waals surface area contributed by atoms with Gasteiger partial charge in [0.15, 0.2) is 0 Å². The first-order valence-electron chi connectivity index (χ1n) is 7.82. The maximum Gasteiger partial charge on any atom is 0.141 e. The van der Waals surface area contributed by atoms with Gasteiger partial charge in [-0.05, 0) is 51.1 Å². The van der Waals surface area contributed by atoms with E-state index in [4.69, 9.17) is 9.47 Å². The summed E-state index contributed by atoms with van der Waals surface area (Å²) in [5, 5.41) is 3.65. The maximum absolute atomic E-state index is 5.75. The minimum absolute atomic E-state index is 0.382. The van der Waals surface area contributed by atoms with Gasteiger partial charge in [-0.1, -0.05) is 13.0 Å². The summed E-state index contributed by atoms with van der Waals surface area (Å²) in [4.78, 5) is 2.17. The standard InChI is InChI=1S/C17H28N2O2/c1-5-15-11-14(8-9-21-15)18-16-10-13(12-19(2)3)6-7-17(16)20-4/h6-7,10,14-15,18H,5,8-9,11-12H2,1-4H3. The molecule has 2 unspecified atom stereocenters. The highest BCUT2D eigenvalue weighted by Crippen LogP contribution is 2.29. The molecule has 1 aromatic rings. The van der Waals surface area contributed by atoms with E-state index in [0.29, 0.717) is 12.1 Å². The van der Waals surface area contributed by atoms with Crippen molar-refractivity contribution in [3.8, 4) is 5.75 Å². The van der Waals surface area contributed by atoms with Crippen molar-refractivity contribution in [1.82, 2.24) is 4.90 Å². The Kier molecular flexibility index (Phi) is 5.88. The summed E-state index contributed by atoms with van der Waals surface area (Å²) in [5.74, 6) is 0.914. The van der Waals surface area contributed by atoms with Gasteiger partial charge in [-0.15, -0.1) is 0 Å². The fourth-order valence-electron chi connectivity index (χ4n) is 2.85. The van der Waals surface area contributed by atoms with E-state index in [1.54, 1.807) is 7.11 Å². The van der Waals surface area contributed by atoms with Gasteiger partial charge in [-0.25, -0.2) is 0 Å². The highest BCUT2D eigenvalue weighted by Gasteiger charge is 2.22. The lowest BCUT2D eigenvalue weighted by Gasteiger charge is -2.30. The molecule has 0 bridgehead atoms. The van der Waals surface area contributed by atoms with Crippen LogP contribution in [0.5, 0.6) is 5.75 Å². The van der Waals surface area contributed by atoms with Crippen LogP contribution in [0.15, 0.2) is 18.2 Å². The molecule has 1 aliphatic rings. The molecular formula is C17H28N2O2. The van der Waals surface area contributed by atoms with Crippen molar-refractivity contribution in [2.45, 2.75) is 44.9 Å². The van der Waals surface area contributed by atoms with Crippen LogP contribution in [-0.2, 0) is 11.3 Å². The van der Waals surface area contributed by atoms with Crippen molar-refractivity contribution in [3.63, 3.8) is 0 Å². The fourth-order valence-corrected chi connectivity index (χ4v) is 2.85. The van der Waals surface area contributed by atoms with Crippen molar-refractivity contribution in [1.29, 1.82) is 0 Å². The van der Waals surface area contributed by atoms with Gasteiger partial charge < -0.3 is 19.7 Å². The molecule has 0 aliphatic carbocycles. The highest BCUT2D eigenvalue weighted by molar-refractivity contribution is 5.58. The summed E-state index contributed by atoms with van der Waals surface area (Å²) in [6.45, 7) is 3.96. The summed E-state index contributed by atoms with van der Waals surface area (Å²) in [6, 6.07) is 6.85. The summed E-state index contributed by atoms with van der Waals surface area (Å²) < 4.78 is 11.2. The van der Waals surface area contributed by atoms with E-state index in [0.717, 1.165) is 43.9 Å². The lowest BCUT2D eigenvalue weighted by atomic mass is 10.0. The van der Waals surface area contributed by atoms with Crippen LogP contribution in [0.3, 0.4) is 0 Å². The van der Waals surface area contributed by atoms with E-state index in [-0.39, 0.29) is 0 Å². The average molecular weight is 292 g/mol. The van der Waals surface area contributed by atoms with Crippen molar-refractivity contribution >= 4 is 5.69 Å². The van der Waals surface area contributed by atoms with E-state index in [1.807, 2.05) is 0 Å². The van der Waals surface area contributed by atoms with Crippen LogP contribution < -0.4 is 10.1 Å². The number of hydrogen-bond acceptors (Lipinski definition) is 4. The van der Waals surface area contributed by atoms with Crippen molar-refractivity contribution in [2.24, 2.45) is 0 Å². The number of ether oxygens (including phenoxy) is 2. The first-order valence-corrected chi connectivity index (χ1v) is 7.82. The molecular weight excluding hydrogens is 264 g/mol. The molecule has 0 spiro atoms. The Morgan fingerprint density at radius 2 is 2.19 bits per heavy atom. The first kappa shape index (κ1) is 16.1. The zero-order valence-corrected chi connectivity index (χ0v) is 13.7. The van der Waals surface area contributed by atoms with Gasteiger partial charge in [-0.3, -0.25) is 0 Å². The fraction of sp³-hybridized carbons (Fsp3) is 0.647. The number of nitrogens with one attached hydrogen (secondary N) is 1. The van der Waals surface area contributed by atoms with Crippen LogP contribution >= 0.6 is 0 Å². The molecule has 0 aromatic heterocycles. The Balaban J connectivity index is 2.09. The molecule has 0 amide bonds. The molecule has 1 fully saturated rings. The monoisotopic (exact) mass is 292 g/mol. The largest absolute Gasteiger partial charge is 0.495 e. The first-order chi connectivity index (χ1) is 10.1. The molecule has 0 saturated carbocycles. The Hall–Kier alpha value is -1.26. The lowest BCUT2D eigenvalue weighted by Crippen LogP contribution is -2.33. The lowest BCUT2D eigenvalue weighted by molar-refractivity contribution is 0.00922. The normalized spacial score (nSPS) is 22.3. The van der Waals surface area contributed by atoms with Crippen LogP contribution in [0, 0.1) is 0 Å². The predicted molar refractivity (Wildman–Crippen MR) is 87.1 cm³/mol. The molecule has 21 heavy (non-hydrogen) atoms. The minimum atomic E-state index is 0.382. The van der Waals surface area contributed by atoms with Crippen LogP contribution in [0.2, 0.25) is 0 Å². The van der Waals surface area contributed by atoms with Gasteiger partial charge in [-0.2, -0.15) is 0 Å². The zero-order chi connectivity index (χ0) is 15.2. The topological polar surface area (TPSA) is 33.7 Å². The van der Waals surface area contributed by atoms with Crippen LogP contribution in [0.25, 0.3) is 0 Å². The SMILES string of the molecule is CCC1CC(Nc2cc(CN(C)C)ccc2OC)CCO1. The molecule has 0 radical (unpaired) electrons. The molecule has 4 heteroatoms. The second-order valence-corrected chi connectivity index (χ2v) is 6.04. The average Bonchev–Trinajstić information content (AvgIpc) is 2.47. The van der Waals surface area contributed by atoms with Gasteiger partial charge in [0.25, 0.3) is 0 Å². The second kappa shape index (κ2) is 7.66. The summed E-state index contributed by atoms with van der Waals surface area (Å²) in [5.41, 5.74) is 2.39. The minimum Gasteiger partial charge on any atom is -0.495 e. The number of methoxy groups -OCH3 is 1. The number of hydrogen-bond donors (Lipinski definition) is 1. The predicted octanol–water partition coefficient (Wildman–Crippen LogP) is 3.13. The van der Waals surface area contributed by atoms with E-state index >= 15 is 0 Å². The van der Waals surface area contributed by atoms with Crippen molar-refractivity contribution in [2.75, 3.05) is 33.1 Å². The van der Waals surface area contributed by atoms with Gasteiger partial charge in [0.2, 0.25) is 0 Å². The van der Waals surface area contributed by atoms with Gasteiger partial charge >= 0.3 is 0 Å². The third kappa shape index (κ3) is 4.61. The number of nitrogens with zero attached hydrogens (tertiary/aromatic N) is 1. The smallest absolute Gasteiger partial charge is 0.141 e. The van der Waals surface area contributed by atoms with Crippen molar-refractivity contribution in [3.05, 3.63) is 23.8 Å². The molecule has 2 rings (SSSR count). The molecule has 1 aromatic carbocycles. The Morgan fingerprint density at radius 3 is 2.86 bits per heavy atom. The van der Waals surface area contributed by atoms with E-state index < -0.39 is 0 Å². The van der Waals surface area contributed by atoms with Gasteiger partial charge in [0.1, 0.15) is 5.75 Å². The maximum atomic E-state index is 5.75. The molecule has 1 aliphatic heterocycles. The number of rotatable bonds is 6. The van der Waals surface area contributed by atoms with Crippen LogP contribution in [0.1, 0.15) is 31.7 Å². The Morgan fingerprint density at radius 1 is 1.38 bits per heavy atom. The number of anilines is 1. The van der Waals surface area contributed by atoms with E-state index in [1.165, 1.54) is 5.56 Å².